The molecule has 2 aliphatic rings. The fourth-order valence-electron chi connectivity index (χ4n) is 4.65. The van der Waals surface area contributed by atoms with Crippen LogP contribution in [0, 0.1) is 11.7 Å². The van der Waals surface area contributed by atoms with Gasteiger partial charge < -0.3 is 4.90 Å². The number of carbonyl (C=O) groups is 1. The summed E-state index contributed by atoms with van der Waals surface area (Å²) in [6.45, 7) is 1.32. The van der Waals surface area contributed by atoms with Gasteiger partial charge in [-0.2, -0.15) is 4.31 Å². The molecule has 2 N–H and O–H groups in total. The van der Waals surface area contributed by atoms with Crippen LogP contribution in [0.2, 0.25) is 0 Å². The summed E-state index contributed by atoms with van der Waals surface area (Å²) >= 11 is 1.21. The molecule has 2 saturated heterocycles. The van der Waals surface area contributed by atoms with Crippen LogP contribution in [0.15, 0.2) is 46.0 Å². The summed E-state index contributed by atoms with van der Waals surface area (Å²) in [5.74, 6) is -0.527. The first-order valence-electron chi connectivity index (χ1n) is 11.4. The number of thiophene rings is 1. The Kier molecular flexibility index (Phi) is 7.80. The second-order valence-electron chi connectivity index (χ2n) is 8.87. The van der Waals surface area contributed by atoms with Gasteiger partial charge in [-0.15, -0.1) is 11.3 Å². The Labute approximate surface area is 199 Å². The highest BCUT2D eigenvalue weighted by Gasteiger charge is 2.35. The van der Waals surface area contributed by atoms with Crippen molar-refractivity contribution in [3.05, 3.63) is 53.2 Å². The number of sulfonamides is 1. The maximum atomic E-state index is 13.5. The van der Waals surface area contributed by atoms with Crippen LogP contribution in [0.25, 0.3) is 0 Å². The van der Waals surface area contributed by atoms with Crippen molar-refractivity contribution < 1.29 is 17.6 Å². The van der Waals surface area contributed by atoms with E-state index in [1.165, 1.54) is 21.7 Å². The third kappa shape index (κ3) is 5.81. The van der Waals surface area contributed by atoms with Crippen molar-refractivity contribution in [1.82, 2.24) is 20.1 Å². The quantitative estimate of drug-likeness (QED) is 0.589. The molecule has 0 radical (unpaired) electrons. The summed E-state index contributed by atoms with van der Waals surface area (Å²) < 4.78 is 40.9. The van der Waals surface area contributed by atoms with E-state index in [1.807, 2.05) is 6.07 Å². The SMILES string of the molecule is CN(CCCC1CC(c2cccc(F)c2)NN1)C(=O)C1CCCN(S(=O)(=O)c2cccs2)C1. The van der Waals surface area contributed by atoms with E-state index in [0.29, 0.717) is 30.1 Å². The van der Waals surface area contributed by atoms with Gasteiger partial charge in [0.15, 0.2) is 0 Å². The number of nitrogens with one attached hydrogen (secondary N) is 2. The van der Waals surface area contributed by atoms with Crippen molar-refractivity contribution in [2.24, 2.45) is 5.92 Å². The molecule has 180 valence electrons. The first-order chi connectivity index (χ1) is 15.8. The first kappa shape index (κ1) is 24.3. The molecule has 3 unspecified atom stereocenters. The number of halogens is 1. The number of rotatable bonds is 8. The van der Waals surface area contributed by atoms with Gasteiger partial charge in [-0.3, -0.25) is 15.6 Å². The van der Waals surface area contributed by atoms with Crippen LogP contribution in [-0.4, -0.2) is 56.3 Å². The number of hydrazine groups is 1. The van der Waals surface area contributed by atoms with Crippen LogP contribution in [0.5, 0.6) is 0 Å². The molecule has 0 spiro atoms. The largest absolute Gasteiger partial charge is 0.345 e. The molecule has 3 heterocycles. The van der Waals surface area contributed by atoms with Crippen LogP contribution >= 0.6 is 11.3 Å². The lowest BCUT2D eigenvalue weighted by Crippen LogP contribution is -2.46. The van der Waals surface area contributed by atoms with Gasteiger partial charge in [0, 0.05) is 38.8 Å². The molecule has 0 aliphatic carbocycles. The van der Waals surface area contributed by atoms with E-state index in [4.69, 9.17) is 0 Å². The number of hydrogen-bond acceptors (Lipinski definition) is 6. The van der Waals surface area contributed by atoms with Crippen LogP contribution in [0.4, 0.5) is 4.39 Å². The number of benzene rings is 1. The zero-order valence-electron chi connectivity index (χ0n) is 18.7. The van der Waals surface area contributed by atoms with Crippen molar-refractivity contribution in [2.45, 2.75) is 48.4 Å². The second kappa shape index (κ2) is 10.6. The minimum absolute atomic E-state index is 0.0104. The van der Waals surface area contributed by atoms with E-state index in [0.717, 1.165) is 24.8 Å². The summed E-state index contributed by atoms with van der Waals surface area (Å²) in [4.78, 5) is 14.7. The smallest absolute Gasteiger partial charge is 0.252 e. The Hall–Kier alpha value is -1.85. The maximum absolute atomic E-state index is 13.5. The number of hydrogen-bond donors (Lipinski definition) is 2. The first-order valence-corrected chi connectivity index (χ1v) is 13.7. The standard InChI is InChI=1S/C23H31FN4O3S2/c1-27(11-4-9-20-15-21(26-25-20)17-6-2-8-19(24)14-17)23(29)18-7-3-12-28(16-18)33(30,31)22-10-5-13-32-22/h2,5-6,8,10,13-14,18,20-21,25-26H,3-4,7,9,11-12,15-16H2,1H3. The molecule has 1 amide bonds. The monoisotopic (exact) mass is 494 g/mol. The van der Waals surface area contributed by atoms with Crippen molar-refractivity contribution >= 4 is 27.3 Å². The predicted molar refractivity (Wildman–Crippen MR) is 126 cm³/mol. The summed E-state index contributed by atoms with van der Waals surface area (Å²) in [5.41, 5.74) is 7.44. The molecule has 7 nitrogen and oxygen atoms in total. The molecular formula is C23H31FN4O3S2. The molecule has 1 aromatic heterocycles. The summed E-state index contributed by atoms with van der Waals surface area (Å²) in [5, 5.41) is 1.75. The minimum atomic E-state index is -3.53. The molecule has 2 fully saturated rings. The van der Waals surface area contributed by atoms with Gasteiger partial charge in [0.05, 0.1) is 5.92 Å². The van der Waals surface area contributed by atoms with Gasteiger partial charge in [0.25, 0.3) is 10.0 Å². The van der Waals surface area contributed by atoms with Crippen molar-refractivity contribution in [1.29, 1.82) is 0 Å². The highest BCUT2D eigenvalue weighted by molar-refractivity contribution is 7.91. The lowest BCUT2D eigenvalue weighted by molar-refractivity contribution is -0.135. The molecule has 1 aromatic carbocycles. The van der Waals surface area contributed by atoms with Gasteiger partial charge in [-0.05, 0) is 61.2 Å². The maximum Gasteiger partial charge on any atom is 0.252 e. The van der Waals surface area contributed by atoms with Crippen molar-refractivity contribution in [3.63, 3.8) is 0 Å². The molecule has 33 heavy (non-hydrogen) atoms. The van der Waals surface area contributed by atoms with Gasteiger partial charge in [0.1, 0.15) is 10.0 Å². The van der Waals surface area contributed by atoms with E-state index in [2.05, 4.69) is 10.9 Å². The average Bonchev–Trinajstić information content (AvgIpc) is 3.51. The van der Waals surface area contributed by atoms with Crippen LogP contribution in [-0.2, 0) is 14.8 Å². The third-order valence-corrected chi connectivity index (χ3v) is 9.72. The molecular weight excluding hydrogens is 463 g/mol. The molecule has 3 atom stereocenters. The van der Waals surface area contributed by atoms with Crippen molar-refractivity contribution in [2.75, 3.05) is 26.7 Å². The highest BCUT2D eigenvalue weighted by Crippen LogP contribution is 2.28. The summed E-state index contributed by atoms with van der Waals surface area (Å²) in [6, 6.07) is 10.3. The Morgan fingerprint density at radius 1 is 1.27 bits per heavy atom. The lowest BCUT2D eigenvalue weighted by Gasteiger charge is -2.33. The molecule has 4 rings (SSSR count). The van der Waals surface area contributed by atoms with Gasteiger partial charge in [-0.1, -0.05) is 18.2 Å². The van der Waals surface area contributed by atoms with E-state index in [9.17, 15) is 17.6 Å². The molecule has 0 saturated carbocycles. The predicted octanol–water partition coefficient (Wildman–Crippen LogP) is 3.13. The average molecular weight is 495 g/mol. The lowest BCUT2D eigenvalue weighted by atomic mass is 9.97. The Balaban J connectivity index is 1.23. The number of nitrogens with zero attached hydrogens (tertiary/aromatic N) is 2. The fourth-order valence-corrected chi connectivity index (χ4v) is 7.32. The number of carbonyl (C=O) groups excluding carboxylic acids is 1. The van der Waals surface area contributed by atoms with E-state index < -0.39 is 10.0 Å². The molecule has 2 aliphatic heterocycles. The summed E-state index contributed by atoms with van der Waals surface area (Å²) in [6.07, 6.45) is 3.98. The minimum Gasteiger partial charge on any atom is -0.345 e. The normalized spacial score (nSPS) is 24.1. The van der Waals surface area contributed by atoms with Crippen molar-refractivity contribution in [3.8, 4) is 0 Å². The molecule has 0 bridgehead atoms. The Morgan fingerprint density at radius 3 is 2.88 bits per heavy atom. The van der Waals surface area contributed by atoms with Crippen LogP contribution in [0.3, 0.4) is 0 Å². The summed E-state index contributed by atoms with van der Waals surface area (Å²) in [7, 11) is -1.73. The van der Waals surface area contributed by atoms with Crippen LogP contribution in [0.1, 0.15) is 43.7 Å². The second-order valence-corrected chi connectivity index (χ2v) is 12.0. The van der Waals surface area contributed by atoms with Gasteiger partial charge in [0.2, 0.25) is 5.91 Å². The van der Waals surface area contributed by atoms with Gasteiger partial charge in [-0.25, -0.2) is 12.8 Å². The number of piperidine rings is 1. The number of amides is 1. The zero-order chi connectivity index (χ0) is 23.4. The Bertz CT molecular complexity index is 1050. The van der Waals surface area contributed by atoms with Crippen LogP contribution < -0.4 is 10.9 Å². The molecule has 2 aromatic rings. The topological polar surface area (TPSA) is 81.8 Å². The zero-order valence-corrected chi connectivity index (χ0v) is 20.4. The van der Waals surface area contributed by atoms with E-state index in [-0.39, 0.29) is 36.3 Å². The van der Waals surface area contributed by atoms with Gasteiger partial charge >= 0.3 is 0 Å². The van der Waals surface area contributed by atoms with E-state index >= 15 is 0 Å². The fraction of sp³-hybridized carbons (Fsp3) is 0.522. The Morgan fingerprint density at radius 2 is 2.12 bits per heavy atom. The molecule has 10 heteroatoms. The van der Waals surface area contributed by atoms with E-state index in [1.54, 1.807) is 41.6 Å². The highest BCUT2D eigenvalue weighted by atomic mass is 32.2. The third-order valence-electron chi connectivity index (χ3n) is 6.48.